The van der Waals surface area contributed by atoms with Crippen molar-refractivity contribution in [2.24, 2.45) is 4.99 Å². The number of ether oxygens (including phenoxy) is 2. The van der Waals surface area contributed by atoms with Crippen LogP contribution in [-0.2, 0) is 13.1 Å². The number of hydrogen-bond donors (Lipinski definition) is 2. The lowest BCUT2D eigenvalue weighted by Gasteiger charge is -2.14. The van der Waals surface area contributed by atoms with E-state index in [1.54, 1.807) is 27.5 Å². The molecule has 0 unspecified atom stereocenters. The zero-order valence-corrected chi connectivity index (χ0v) is 14.5. The molecule has 1 aromatic carbocycles. The van der Waals surface area contributed by atoms with Crippen LogP contribution in [-0.4, -0.2) is 43.3 Å². The van der Waals surface area contributed by atoms with Crippen LogP contribution in [0.1, 0.15) is 12.0 Å². The molecule has 0 fully saturated rings. The van der Waals surface area contributed by atoms with Crippen LogP contribution in [0.4, 0.5) is 0 Å². The first kappa shape index (κ1) is 17.7. The molecule has 130 valence electrons. The molecular weight excluding hydrogens is 306 g/mol. The Morgan fingerprint density at radius 2 is 2.12 bits per heavy atom. The lowest BCUT2D eigenvalue weighted by Crippen LogP contribution is -2.37. The highest BCUT2D eigenvalue weighted by Gasteiger charge is 2.06. The van der Waals surface area contributed by atoms with E-state index in [-0.39, 0.29) is 0 Å². The molecule has 0 spiro atoms. The van der Waals surface area contributed by atoms with Gasteiger partial charge in [0.25, 0.3) is 0 Å². The molecule has 0 amide bonds. The van der Waals surface area contributed by atoms with Crippen molar-refractivity contribution in [3.8, 4) is 11.5 Å². The van der Waals surface area contributed by atoms with Gasteiger partial charge in [-0.25, -0.2) is 4.98 Å². The van der Waals surface area contributed by atoms with Crippen molar-refractivity contribution in [2.45, 2.75) is 19.5 Å². The van der Waals surface area contributed by atoms with Crippen molar-refractivity contribution in [1.29, 1.82) is 0 Å². The molecule has 24 heavy (non-hydrogen) atoms. The molecule has 1 aromatic heterocycles. The van der Waals surface area contributed by atoms with E-state index in [4.69, 9.17) is 9.47 Å². The molecule has 0 bridgehead atoms. The summed E-state index contributed by atoms with van der Waals surface area (Å²) in [5, 5.41) is 6.59. The van der Waals surface area contributed by atoms with E-state index in [0.29, 0.717) is 6.54 Å². The van der Waals surface area contributed by atoms with Crippen LogP contribution in [0, 0.1) is 0 Å². The summed E-state index contributed by atoms with van der Waals surface area (Å²) in [6.07, 6.45) is 6.56. The van der Waals surface area contributed by atoms with Gasteiger partial charge >= 0.3 is 0 Å². The minimum Gasteiger partial charge on any atom is -0.497 e. The molecule has 2 rings (SSSR count). The number of benzene rings is 1. The summed E-state index contributed by atoms with van der Waals surface area (Å²) in [5.41, 5.74) is 1.04. The molecule has 0 radical (unpaired) electrons. The van der Waals surface area contributed by atoms with Gasteiger partial charge in [0, 0.05) is 50.7 Å². The second-order valence-electron chi connectivity index (χ2n) is 5.18. The average molecular weight is 331 g/mol. The van der Waals surface area contributed by atoms with E-state index in [1.807, 2.05) is 30.7 Å². The van der Waals surface area contributed by atoms with Gasteiger partial charge in [0.1, 0.15) is 11.5 Å². The first-order valence-corrected chi connectivity index (χ1v) is 7.88. The molecule has 7 heteroatoms. The summed E-state index contributed by atoms with van der Waals surface area (Å²) in [7, 11) is 5.06. The molecule has 2 aromatic rings. The standard InChI is InChI=1S/C17H25N5O2/c1-18-17(20-7-4-9-22-10-8-19-13-22)21-12-14-5-6-15(23-2)11-16(14)24-3/h5-6,8,10-11,13H,4,7,9,12H2,1-3H3,(H2,18,20,21). The first-order valence-electron chi connectivity index (χ1n) is 7.88. The maximum Gasteiger partial charge on any atom is 0.191 e. The number of aromatic nitrogens is 2. The topological polar surface area (TPSA) is 72.7 Å². The number of rotatable bonds is 8. The molecule has 0 saturated carbocycles. The van der Waals surface area contributed by atoms with E-state index in [1.165, 1.54) is 0 Å². The van der Waals surface area contributed by atoms with Crippen LogP contribution in [0.25, 0.3) is 0 Å². The fourth-order valence-corrected chi connectivity index (χ4v) is 2.28. The van der Waals surface area contributed by atoms with Gasteiger partial charge in [-0.1, -0.05) is 0 Å². The number of nitrogens with one attached hydrogen (secondary N) is 2. The number of methoxy groups -OCH3 is 2. The van der Waals surface area contributed by atoms with Crippen molar-refractivity contribution < 1.29 is 9.47 Å². The van der Waals surface area contributed by atoms with Crippen molar-refractivity contribution >= 4 is 5.96 Å². The molecule has 0 aliphatic rings. The zero-order valence-electron chi connectivity index (χ0n) is 14.5. The van der Waals surface area contributed by atoms with Gasteiger partial charge in [-0.05, 0) is 18.6 Å². The zero-order chi connectivity index (χ0) is 17.2. The Morgan fingerprint density at radius 1 is 1.25 bits per heavy atom. The number of hydrogen-bond acceptors (Lipinski definition) is 4. The largest absolute Gasteiger partial charge is 0.497 e. The summed E-state index contributed by atoms with van der Waals surface area (Å²) in [5.74, 6) is 2.33. The Bertz CT molecular complexity index is 640. The van der Waals surface area contributed by atoms with Crippen LogP contribution >= 0.6 is 0 Å². The van der Waals surface area contributed by atoms with Gasteiger partial charge in [-0.15, -0.1) is 0 Å². The number of nitrogens with zero attached hydrogens (tertiary/aromatic N) is 3. The summed E-state index contributed by atoms with van der Waals surface area (Å²) in [4.78, 5) is 8.27. The molecule has 0 atom stereocenters. The van der Waals surface area contributed by atoms with Gasteiger partial charge in [0.2, 0.25) is 0 Å². The fraction of sp³-hybridized carbons (Fsp3) is 0.412. The fourth-order valence-electron chi connectivity index (χ4n) is 2.28. The average Bonchev–Trinajstić information content (AvgIpc) is 3.14. The van der Waals surface area contributed by atoms with Crippen LogP contribution in [0.5, 0.6) is 11.5 Å². The van der Waals surface area contributed by atoms with Gasteiger partial charge in [-0.2, -0.15) is 0 Å². The summed E-state index contributed by atoms with van der Waals surface area (Å²) in [6.45, 7) is 2.38. The second-order valence-corrected chi connectivity index (χ2v) is 5.18. The summed E-state index contributed by atoms with van der Waals surface area (Å²) in [6, 6.07) is 5.77. The summed E-state index contributed by atoms with van der Waals surface area (Å²) < 4.78 is 12.7. The van der Waals surface area contributed by atoms with E-state index < -0.39 is 0 Å². The Kier molecular flexibility index (Phi) is 6.94. The van der Waals surface area contributed by atoms with Crippen LogP contribution in [0.3, 0.4) is 0 Å². The maximum atomic E-state index is 5.40. The Balaban J connectivity index is 1.78. The maximum absolute atomic E-state index is 5.40. The SMILES string of the molecule is CN=C(NCCCn1ccnc1)NCc1ccc(OC)cc1OC. The van der Waals surface area contributed by atoms with E-state index in [0.717, 1.165) is 42.5 Å². The van der Waals surface area contributed by atoms with Crippen molar-refractivity contribution in [2.75, 3.05) is 27.8 Å². The third-order valence-electron chi connectivity index (χ3n) is 3.61. The minimum absolute atomic E-state index is 0.619. The Labute approximate surface area is 142 Å². The normalized spacial score (nSPS) is 11.2. The van der Waals surface area contributed by atoms with E-state index in [9.17, 15) is 0 Å². The highest BCUT2D eigenvalue weighted by molar-refractivity contribution is 5.79. The van der Waals surface area contributed by atoms with Crippen molar-refractivity contribution in [3.05, 3.63) is 42.5 Å². The van der Waals surface area contributed by atoms with Crippen molar-refractivity contribution in [1.82, 2.24) is 20.2 Å². The highest BCUT2D eigenvalue weighted by Crippen LogP contribution is 2.24. The van der Waals surface area contributed by atoms with Gasteiger partial charge in [0.05, 0.1) is 20.5 Å². The smallest absolute Gasteiger partial charge is 0.191 e. The predicted molar refractivity (Wildman–Crippen MR) is 94.6 cm³/mol. The number of aryl methyl sites for hydroxylation is 1. The predicted octanol–water partition coefficient (Wildman–Crippen LogP) is 1.66. The van der Waals surface area contributed by atoms with E-state index >= 15 is 0 Å². The van der Waals surface area contributed by atoms with Gasteiger partial charge < -0.3 is 24.7 Å². The monoisotopic (exact) mass is 331 g/mol. The molecule has 0 saturated heterocycles. The molecule has 7 nitrogen and oxygen atoms in total. The number of imidazole rings is 1. The second kappa shape index (κ2) is 9.44. The number of aliphatic imine (C=N–C) groups is 1. The van der Waals surface area contributed by atoms with Crippen LogP contribution in [0.2, 0.25) is 0 Å². The van der Waals surface area contributed by atoms with Crippen LogP contribution < -0.4 is 20.1 Å². The van der Waals surface area contributed by atoms with E-state index in [2.05, 4.69) is 25.2 Å². The van der Waals surface area contributed by atoms with Gasteiger partial charge in [-0.3, -0.25) is 4.99 Å². The lowest BCUT2D eigenvalue weighted by molar-refractivity contribution is 0.390. The molecule has 2 N–H and O–H groups in total. The molecular formula is C17H25N5O2. The first-order chi connectivity index (χ1) is 11.8. The lowest BCUT2D eigenvalue weighted by atomic mass is 10.2. The molecule has 0 aliphatic carbocycles. The van der Waals surface area contributed by atoms with Crippen molar-refractivity contribution in [3.63, 3.8) is 0 Å². The van der Waals surface area contributed by atoms with Crippen LogP contribution in [0.15, 0.2) is 41.9 Å². The quantitative estimate of drug-likeness (QED) is 0.437. The Hall–Kier alpha value is -2.70. The summed E-state index contributed by atoms with van der Waals surface area (Å²) >= 11 is 0. The third kappa shape index (κ3) is 5.19. The van der Waals surface area contributed by atoms with Gasteiger partial charge in [0.15, 0.2) is 5.96 Å². The minimum atomic E-state index is 0.619. The molecule has 0 aliphatic heterocycles. The molecule has 1 heterocycles. The third-order valence-corrected chi connectivity index (χ3v) is 3.61. The Morgan fingerprint density at radius 3 is 2.79 bits per heavy atom. The highest BCUT2D eigenvalue weighted by atomic mass is 16.5. The number of guanidine groups is 1.